The lowest BCUT2D eigenvalue weighted by atomic mass is 10.0. The van der Waals surface area contributed by atoms with Crippen molar-refractivity contribution in [2.45, 2.75) is 19.5 Å². The second-order valence-electron chi connectivity index (χ2n) is 7.24. The van der Waals surface area contributed by atoms with Crippen LogP contribution in [0.3, 0.4) is 0 Å². The predicted octanol–water partition coefficient (Wildman–Crippen LogP) is 3.97. The quantitative estimate of drug-likeness (QED) is 0.498. The molecule has 1 amide bonds. The fraction of sp³-hybridized carbons (Fsp3) is 0.160. The molecule has 1 atom stereocenters. The third-order valence-electron chi connectivity index (χ3n) is 5.04. The molecule has 1 heterocycles. The van der Waals surface area contributed by atoms with Gasteiger partial charge in [-0.1, -0.05) is 54.6 Å². The molecule has 0 radical (unpaired) electrons. The number of hydrogen-bond acceptors (Lipinski definition) is 4. The van der Waals surface area contributed by atoms with E-state index in [0.717, 1.165) is 16.3 Å². The van der Waals surface area contributed by atoms with Crippen LogP contribution in [-0.4, -0.2) is 22.3 Å². The van der Waals surface area contributed by atoms with Crippen LogP contribution in [0.1, 0.15) is 29.0 Å². The number of para-hydroxylation sites is 1. The zero-order valence-electron chi connectivity index (χ0n) is 17.2. The summed E-state index contributed by atoms with van der Waals surface area (Å²) in [6, 6.07) is 26.1. The van der Waals surface area contributed by atoms with Gasteiger partial charge in [-0.05, 0) is 47.5 Å². The van der Waals surface area contributed by atoms with Gasteiger partial charge in [0.1, 0.15) is 18.1 Å². The van der Waals surface area contributed by atoms with Crippen molar-refractivity contribution in [1.29, 1.82) is 0 Å². The minimum absolute atomic E-state index is 0.187. The second kappa shape index (κ2) is 9.26. The highest BCUT2D eigenvalue weighted by molar-refractivity contribution is 5.92. The van der Waals surface area contributed by atoms with Crippen molar-refractivity contribution < 1.29 is 9.53 Å². The van der Waals surface area contributed by atoms with E-state index in [1.807, 2.05) is 67.6 Å². The van der Waals surface area contributed by atoms with Gasteiger partial charge in [0.15, 0.2) is 0 Å². The number of fused-ring (bicyclic) bond motifs is 1. The van der Waals surface area contributed by atoms with E-state index in [1.165, 1.54) is 16.8 Å². The molecule has 1 unspecified atom stereocenters. The SMILES string of the molecule is CC(NC(=O)c1ccc(=O)n(CCOc2ccccc2)n1)c1ccc2ccccc2c1. The van der Waals surface area contributed by atoms with Crippen LogP contribution in [0.15, 0.2) is 89.7 Å². The van der Waals surface area contributed by atoms with Crippen molar-refractivity contribution in [3.63, 3.8) is 0 Å². The molecule has 0 aliphatic rings. The zero-order chi connectivity index (χ0) is 21.6. The summed E-state index contributed by atoms with van der Waals surface area (Å²) >= 11 is 0. The fourth-order valence-corrected chi connectivity index (χ4v) is 3.33. The first kappa shape index (κ1) is 20.3. The summed E-state index contributed by atoms with van der Waals surface area (Å²) in [5.41, 5.74) is 0.902. The number of rotatable bonds is 7. The van der Waals surface area contributed by atoms with E-state index in [2.05, 4.69) is 22.5 Å². The molecule has 4 rings (SSSR count). The van der Waals surface area contributed by atoms with Gasteiger partial charge < -0.3 is 10.1 Å². The number of aromatic nitrogens is 2. The van der Waals surface area contributed by atoms with E-state index >= 15 is 0 Å². The van der Waals surface area contributed by atoms with E-state index in [9.17, 15) is 9.59 Å². The molecule has 0 fully saturated rings. The lowest BCUT2D eigenvalue weighted by molar-refractivity contribution is 0.0931. The Bertz CT molecular complexity index is 1250. The van der Waals surface area contributed by atoms with Gasteiger partial charge in [0.05, 0.1) is 12.6 Å². The van der Waals surface area contributed by atoms with Gasteiger partial charge >= 0.3 is 0 Å². The number of nitrogens with zero attached hydrogens (tertiary/aromatic N) is 2. The molecule has 0 aliphatic heterocycles. The highest BCUT2D eigenvalue weighted by Gasteiger charge is 2.14. The van der Waals surface area contributed by atoms with Gasteiger partial charge in [-0.3, -0.25) is 9.59 Å². The molecule has 0 saturated carbocycles. The van der Waals surface area contributed by atoms with E-state index in [0.29, 0.717) is 5.75 Å². The van der Waals surface area contributed by atoms with Crippen molar-refractivity contribution in [2.24, 2.45) is 0 Å². The Morgan fingerprint density at radius 1 is 0.968 bits per heavy atom. The average molecular weight is 413 g/mol. The average Bonchev–Trinajstić information content (AvgIpc) is 2.80. The Morgan fingerprint density at radius 3 is 2.52 bits per heavy atom. The van der Waals surface area contributed by atoms with Crippen LogP contribution in [-0.2, 0) is 6.54 Å². The van der Waals surface area contributed by atoms with Gasteiger partial charge in [0.2, 0.25) is 0 Å². The smallest absolute Gasteiger partial charge is 0.272 e. The number of hydrogen-bond donors (Lipinski definition) is 1. The normalized spacial score (nSPS) is 11.8. The van der Waals surface area contributed by atoms with Crippen LogP contribution in [0.4, 0.5) is 0 Å². The van der Waals surface area contributed by atoms with Crippen LogP contribution >= 0.6 is 0 Å². The van der Waals surface area contributed by atoms with Crippen molar-refractivity contribution >= 4 is 16.7 Å². The number of amides is 1. The van der Waals surface area contributed by atoms with Crippen molar-refractivity contribution in [3.05, 3.63) is 107 Å². The second-order valence-corrected chi connectivity index (χ2v) is 7.24. The van der Waals surface area contributed by atoms with Gasteiger partial charge in [-0.15, -0.1) is 0 Å². The third kappa shape index (κ3) is 4.98. The first-order valence-corrected chi connectivity index (χ1v) is 10.2. The van der Waals surface area contributed by atoms with Gasteiger partial charge in [-0.25, -0.2) is 4.68 Å². The predicted molar refractivity (Wildman–Crippen MR) is 120 cm³/mol. The highest BCUT2D eigenvalue weighted by atomic mass is 16.5. The minimum Gasteiger partial charge on any atom is -0.492 e. The van der Waals surface area contributed by atoms with Gasteiger partial charge in [0, 0.05) is 6.07 Å². The summed E-state index contributed by atoms with van der Waals surface area (Å²) < 4.78 is 6.87. The summed E-state index contributed by atoms with van der Waals surface area (Å²) in [4.78, 5) is 24.8. The molecular formula is C25H23N3O3. The highest BCUT2D eigenvalue weighted by Crippen LogP contribution is 2.20. The molecule has 1 aromatic heterocycles. The molecule has 6 heteroatoms. The standard InChI is InChI=1S/C25H23N3O3/c1-18(20-12-11-19-7-5-6-8-21(19)17-20)26-25(30)23-13-14-24(29)28(27-23)15-16-31-22-9-3-2-4-10-22/h2-14,17-18H,15-16H2,1H3,(H,26,30). The number of ether oxygens (including phenoxy) is 1. The van der Waals surface area contributed by atoms with E-state index in [1.54, 1.807) is 0 Å². The van der Waals surface area contributed by atoms with Gasteiger partial charge in [0.25, 0.3) is 11.5 Å². The Hall–Kier alpha value is -3.93. The number of carbonyl (C=O) groups is 1. The molecule has 4 aromatic rings. The number of carbonyl (C=O) groups excluding carboxylic acids is 1. The topological polar surface area (TPSA) is 73.2 Å². The van der Waals surface area contributed by atoms with Crippen LogP contribution in [0.25, 0.3) is 10.8 Å². The maximum absolute atomic E-state index is 12.7. The summed E-state index contributed by atoms with van der Waals surface area (Å²) in [6.45, 7) is 2.44. The first-order chi connectivity index (χ1) is 15.1. The lowest BCUT2D eigenvalue weighted by Gasteiger charge is -2.15. The van der Waals surface area contributed by atoms with Crippen molar-refractivity contribution in [1.82, 2.24) is 15.1 Å². The summed E-state index contributed by atoms with van der Waals surface area (Å²) in [7, 11) is 0. The largest absolute Gasteiger partial charge is 0.492 e. The molecule has 3 aromatic carbocycles. The molecule has 0 saturated heterocycles. The Morgan fingerprint density at radius 2 is 1.71 bits per heavy atom. The van der Waals surface area contributed by atoms with E-state index in [-0.39, 0.29) is 36.4 Å². The fourth-order valence-electron chi connectivity index (χ4n) is 3.33. The molecule has 6 nitrogen and oxygen atoms in total. The Kier molecular flexibility index (Phi) is 6.08. The molecule has 156 valence electrons. The van der Waals surface area contributed by atoms with Crippen LogP contribution < -0.4 is 15.6 Å². The molecule has 31 heavy (non-hydrogen) atoms. The van der Waals surface area contributed by atoms with Crippen LogP contribution in [0, 0.1) is 0 Å². The van der Waals surface area contributed by atoms with Crippen molar-refractivity contribution in [2.75, 3.05) is 6.61 Å². The maximum Gasteiger partial charge on any atom is 0.272 e. The molecule has 0 bridgehead atoms. The van der Waals surface area contributed by atoms with Crippen LogP contribution in [0.5, 0.6) is 5.75 Å². The molecule has 0 spiro atoms. The Balaban J connectivity index is 1.42. The van der Waals surface area contributed by atoms with Crippen LogP contribution in [0.2, 0.25) is 0 Å². The minimum atomic E-state index is -0.335. The first-order valence-electron chi connectivity index (χ1n) is 10.2. The van der Waals surface area contributed by atoms with Crippen molar-refractivity contribution in [3.8, 4) is 5.75 Å². The third-order valence-corrected chi connectivity index (χ3v) is 5.04. The molecular weight excluding hydrogens is 390 g/mol. The summed E-state index contributed by atoms with van der Waals surface area (Å²) in [5.74, 6) is 0.382. The number of nitrogens with one attached hydrogen (secondary N) is 1. The van der Waals surface area contributed by atoms with Gasteiger partial charge in [-0.2, -0.15) is 5.10 Å². The molecule has 0 aliphatic carbocycles. The monoisotopic (exact) mass is 413 g/mol. The zero-order valence-corrected chi connectivity index (χ0v) is 17.2. The lowest BCUT2D eigenvalue weighted by Crippen LogP contribution is -2.32. The number of benzene rings is 3. The molecule has 1 N–H and O–H groups in total. The van der Waals surface area contributed by atoms with E-state index < -0.39 is 0 Å². The summed E-state index contributed by atoms with van der Waals surface area (Å²) in [6.07, 6.45) is 0. The maximum atomic E-state index is 12.7. The summed E-state index contributed by atoms with van der Waals surface area (Å²) in [5, 5.41) is 9.44. The Labute approximate surface area is 180 Å². The van der Waals surface area contributed by atoms with E-state index in [4.69, 9.17) is 4.74 Å².